The lowest BCUT2D eigenvalue weighted by Crippen LogP contribution is -2.56. The van der Waals surface area contributed by atoms with Crippen LogP contribution in [-0.4, -0.2) is 64.8 Å². The van der Waals surface area contributed by atoms with Crippen molar-refractivity contribution in [3.63, 3.8) is 0 Å². The lowest BCUT2D eigenvalue weighted by molar-refractivity contribution is -0.125. The maximum Gasteiger partial charge on any atom is 0.237 e. The maximum absolute atomic E-state index is 12.6. The molecule has 2 fully saturated rings. The molecule has 3 heterocycles. The fourth-order valence-electron chi connectivity index (χ4n) is 4.49. The minimum Gasteiger partial charge on any atom is -0.353 e. The zero-order valence-corrected chi connectivity index (χ0v) is 15.3. The third-order valence-corrected chi connectivity index (χ3v) is 5.61. The third-order valence-electron chi connectivity index (χ3n) is 5.61. The molecular formula is C20H27N5O. The van der Waals surface area contributed by atoms with Gasteiger partial charge in [-0.3, -0.25) is 19.3 Å². The molecular weight excluding hydrogens is 326 g/mol. The monoisotopic (exact) mass is 353 g/mol. The molecule has 1 atom stereocenters. The Kier molecular flexibility index (Phi) is 4.78. The van der Waals surface area contributed by atoms with Gasteiger partial charge >= 0.3 is 0 Å². The van der Waals surface area contributed by atoms with Crippen LogP contribution in [0.2, 0.25) is 0 Å². The smallest absolute Gasteiger partial charge is 0.237 e. The highest BCUT2D eigenvalue weighted by atomic mass is 16.2. The molecule has 1 unspecified atom stereocenters. The van der Waals surface area contributed by atoms with Crippen molar-refractivity contribution in [2.75, 3.05) is 33.2 Å². The number of rotatable bonds is 6. The van der Waals surface area contributed by atoms with Gasteiger partial charge in [0, 0.05) is 50.5 Å². The van der Waals surface area contributed by atoms with Gasteiger partial charge in [-0.1, -0.05) is 30.3 Å². The number of likely N-dealkylation sites (N-methyl/N-ethyl adjacent to an activating group) is 1. The van der Waals surface area contributed by atoms with Crippen molar-refractivity contribution < 1.29 is 4.79 Å². The van der Waals surface area contributed by atoms with Crippen LogP contribution in [-0.2, 0) is 17.9 Å². The number of hydrogen-bond donors (Lipinski definition) is 1. The van der Waals surface area contributed by atoms with E-state index in [1.165, 1.54) is 5.56 Å². The highest BCUT2D eigenvalue weighted by Crippen LogP contribution is 2.42. The molecule has 0 radical (unpaired) electrons. The normalized spacial score (nSPS) is 22.4. The van der Waals surface area contributed by atoms with E-state index in [0.717, 1.165) is 32.6 Å². The number of amides is 1. The first-order valence-corrected chi connectivity index (χ1v) is 9.35. The second-order valence-corrected chi connectivity index (χ2v) is 7.83. The Morgan fingerprint density at radius 1 is 1.23 bits per heavy atom. The van der Waals surface area contributed by atoms with E-state index < -0.39 is 0 Å². The average molecular weight is 353 g/mol. The number of likely N-dealkylation sites (tertiary alicyclic amines) is 2. The third kappa shape index (κ3) is 3.66. The SMILES string of the molecule is CN1CC2(CC1C(=O)NCCn1cccn1)CN(Cc1ccccc1)C2. The molecule has 1 spiro atoms. The van der Waals surface area contributed by atoms with E-state index in [4.69, 9.17) is 0 Å². The summed E-state index contributed by atoms with van der Waals surface area (Å²) in [6, 6.07) is 12.5. The van der Waals surface area contributed by atoms with E-state index in [1.807, 2.05) is 16.9 Å². The molecule has 0 saturated carbocycles. The van der Waals surface area contributed by atoms with Gasteiger partial charge in [0.1, 0.15) is 0 Å². The molecule has 138 valence electrons. The van der Waals surface area contributed by atoms with Crippen molar-refractivity contribution in [2.24, 2.45) is 5.41 Å². The second kappa shape index (κ2) is 7.21. The number of nitrogens with zero attached hydrogens (tertiary/aromatic N) is 4. The van der Waals surface area contributed by atoms with Gasteiger partial charge in [0.2, 0.25) is 5.91 Å². The van der Waals surface area contributed by atoms with Crippen LogP contribution in [0.4, 0.5) is 0 Å². The van der Waals surface area contributed by atoms with Crippen LogP contribution in [0.3, 0.4) is 0 Å². The molecule has 2 saturated heterocycles. The first kappa shape index (κ1) is 17.2. The van der Waals surface area contributed by atoms with Gasteiger partial charge in [0.25, 0.3) is 0 Å². The summed E-state index contributed by atoms with van der Waals surface area (Å²) in [5.74, 6) is 0.151. The number of benzene rings is 1. The van der Waals surface area contributed by atoms with Crippen LogP contribution >= 0.6 is 0 Å². The van der Waals surface area contributed by atoms with Crippen LogP contribution in [0.5, 0.6) is 0 Å². The number of nitrogens with one attached hydrogen (secondary N) is 1. The van der Waals surface area contributed by atoms with Gasteiger partial charge in [-0.25, -0.2) is 0 Å². The number of hydrogen-bond acceptors (Lipinski definition) is 4. The van der Waals surface area contributed by atoms with E-state index in [9.17, 15) is 4.79 Å². The van der Waals surface area contributed by atoms with Gasteiger partial charge in [-0.2, -0.15) is 5.10 Å². The zero-order valence-electron chi connectivity index (χ0n) is 15.3. The Morgan fingerprint density at radius 2 is 2.04 bits per heavy atom. The van der Waals surface area contributed by atoms with Crippen LogP contribution < -0.4 is 5.32 Å². The van der Waals surface area contributed by atoms with Crippen molar-refractivity contribution in [1.82, 2.24) is 24.9 Å². The molecule has 2 aliphatic heterocycles. The molecule has 1 aromatic heterocycles. The number of carbonyl (C=O) groups is 1. The van der Waals surface area contributed by atoms with Crippen LogP contribution in [0.25, 0.3) is 0 Å². The van der Waals surface area contributed by atoms with Gasteiger partial charge in [0.15, 0.2) is 0 Å². The number of aromatic nitrogens is 2. The lowest BCUT2D eigenvalue weighted by atomic mass is 9.77. The van der Waals surface area contributed by atoms with Crippen molar-refractivity contribution in [3.05, 3.63) is 54.4 Å². The first-order chi connectivity index (χ1) is 12.6. The van der Waals surface area contributed by atoms with Crippen molar-refractivity contribution in [1.29, 1.82) is 0 Å². The summed E-state index contributed by atoms with van der Waals surface area (Å²) in [5.41, 5.74) is 1.65. The quantitative estimate of drug-likeness (QED) is 0.848. The maximum atomic E-state index is 12.6. The summed E-state index contributed by atoms with van der Waals surface area (Å²) in [6.45, 7) is 5.53. The van der Waals surface area contributed by atoms with Crippen LogP contribution in [0.1, 0.15) is 12.0 Å². The van der Waals surface area contributed by atoms with E-state index >= 15 is 0 Å². The minimum absolute atomic E-state index is 0.00787. The topological polar surface area (TPSA) is 53.4 Å². The molecule has 1 amide bonds. The summed E-state index contributed by atoms with van der Waals surface area (Å²) in [4.78, 5) is 17.3. The molecule has 1 aromatic carbocycles. The van der Waals surface area contributed by atoms with Gasteiger partial charge in [-0.05, 0) is 25.1 Å². The van der Waals surface area contributed by atoms with Crippen molar-refractivity contribution in [3.8, 4) is 0 Å². The van der Waals surface area contributed by atoms with E-state index in [2.05, 4.69) is 57.6 Å². The summed E-state index contributed by atoms with van der Waals surface area (Å²) in [7, 11) is 2.08. The zero-order chi connectivity index (χ0) is 18.0. The molecule has 6 nitrogen and oxygen atoms in total. The number of carbonyl (C=O) groups excluding carboxylic acids is 1. The largest absolute Gasteiger partial charge is 0.353 e. The van der Waals surface area contributed by atoms with Crippen molar-refractivity contribution >= 4 is 5.91 Å². The molecule has 26 heavy (non-hydrogen) atoms. The van der Waals surface area contributed by atoms with E-state index in [-0.39, 0.29) is 17.4 Å². The fraction of sp³-hybridized carbons (Fsp3) is 0.500. The molecule has 0 bridgehead atoms. The molecule has 0 aliphatic carbocycles. The van der Waals surface area contributed by atoms with Gasteiger partial charge < -0.3 is 5.32 Å². The molecule has 6 heteroatoms. The molecule has 4 rings (SSSR count). The van der Waals surface area contributed by atoms with E-state index in [0.29, 0.717) is 13.1 Å². The minimum atomic E-state index is -0.00787. The summed E-state index contributed by atoms with van der Waals surface area (Å²) in [5, 5.41) is 7.24. The van der Waals surface area contributed by atoms with Crippen LogP contribution in [0, 0.1) is 5.41 Å². The standard InChI is InChI=1S/C20H27N5O/c1-23-14-20(15-24(16-20)13-17-6-3-2-4-7-17)12-18(23)19(26)21-9-11-25-10-5-8-22-25/h2-8,10,18H,9,11-16H2,1H3,(H,21,26). The Morgan fingerprint density at radius 3 is 2.77 bits per heavy atom. The summed E-state index contributed by atoms with van der Waals surface area (Å²) in [6.07, 6.45) is 4.63. The van der Waals surface area contributed by atoms with Gasteiger partial charge in [0.05, 0.1) is 12.6 Å². The lowest BCUT2D eigenvalue weighted by Gasteiger charge is -2.48. The van der Waals surface area contributed by atoms with Gasteiger partial charge in [-0.15, -0.1) is 0 Å². The highest BCUT2D eigenvalue weighted by Gasteiger charge is 2.51. The Bertz CT molecular complexity index is 724. The van der Waals surface area contributed by atoms with Crippen molar-refractivity contribution in [2.45, 2.75) is 25.6 Å². The Balaban J connectivity index is 1.25. The molecule has 2 aromatic rings. The predicted molar refractivity (Wildman–Crippen MR) is 100 cm³/mol. The summed E-state index contributed by atoms with van der Waals surface area (Å²) >= 11 is 0. The highest BCUT2D eigenvalue weighted by molar-refractivity contribution is 5.82. The first-order valence-electron chi connectivity index (χ1n) is 9.35. The average Bonchev–Trinajstić information content (AvgIpc) is 3.23. The summed E-state index contributed by atoms with van der Waals surface area (Å²) < 4.78 is 1.84. The predicted octanol–water partition coefficient (Wildman–Crippen LogP) is 1.21. The Labute approximate surface area is 154 Å². The van der Waals surface area contributed by atoms with Crippen LogP contribution in [0.15, 0.2) is 48.8 Å². The fourth-order valence-corrected chi connectivity index (χ4v) is 4.49. The Hall–Kier alpha value is -2.18. The second-order valence-electron chi connectivity index (χ2n) is 7.83. The molecule has 1 N–H and O–H groups in total. The van der Waals surface area contributed by atoms with E-state index in [1.54, 1.807) is 6.20 Å². The molecule has 2 aliphatic rings.